The largest absolute Gasteiger partial charge is 0.493 e. The van der Waals surface area contributed by atoms with Gasteiger partial charge in [0.1, 0.15) is 5.75 Å². The molecule has 1 aromatic heterocycles. The summed E-state index contributed by atoms with van der Waals surface area (Å²) in [5.74, 6) is 0.895. The molecular weight excluding hydrogens is 302 g/mol. The Bertz CT molecular complexity index is 646. The molecule has 0 aliphatic rings. The second-order valence-electron chi connectivity index (χ2n) is 5.77. The Hall–Kier alpha value is -2.56. The number of aromatic nitrogens is 1. The summed E-state index contributed by atoms with van der Waals surface area (Å²) in [7, 11) is 1.79. The molecule has 1 heterocycles. The van der Waals surface area contributed by atoms with Crippen molar-refractivity contribution in [2.75, 3.05) is 20.2 Å². The summed E-state index contributed by atoms with van der Waals surface area (Å²) in [5.41, 5.74) is 2.13. The third kappa shape index (κ3) is 4.98. The summed E-state index contributed by atoms with van der Waals surface area (Å²) >= 11 is 0. The van der Waals surface area contributed by atoms with Gasteiger partial charge in [-0.15, -0.1) is 0 Å². The fourth-order valence-corrected chi connectivity index (χ4v) is 2.32. The first-order valence-corrected chi connectivity index (χ1v) is 8.18. The van der Waals surface area contributed by atoms with Crippen LogP contribution in [0, 0.1) is 6.92 Å². The van der Waals surface area contributed by atoms with E-state index >= 15 is 0 Å². The van der Waals surface area contributed by atoms with E-state index in [0.29, 0.717) is 13.2 Å². The normalized spacial score (nSPS) is 11.6. The fraction of sp³-hybridized carbons (Fsp3) is 0.368. The predicted octanol–water partition coefficient (Wildman–Crippen LogP) is 3.56. The van der Waals surface area contributed by atoms with E-state index in [-0.39, 0.29) is 12.1 Å². The summed E-state index contributed by atoms with van der Waals surface area (Å²) in [4.78, 5) is 18.0. The number of carbonyl (C=O) groups is 1. The number of hydrogen-bond donors (Lipinski definition) is 1. The lowest BCUT2D eigenvalue weighted by molar-refractivity contribution is 0.193. The van der Waals surface area contributed by atoms with Gasteiger partial charge in [0, 0.05) is 26.0 Å². The van der Waals surface area contributed by atoms with Crippen LogP contribution in [0.2, 0.25) is 0 Å². The Morgan fingerprint density at radius 2 is 2.08 bits per heavy atom. The number of amides is 2. The van der Waals surface area contributed by atoms with E-state index in [9.17, 15) is 4.79 Å². The van der Waals surface area contributed by atoms with Crippen LogP contribution >= 0.6 is 0 Å². The van der Waals surface area contributed by atoms with Crippen LogP contribution in [0.4, 0.5) is 4.79 Å². The molecule has 1 aromatic carbocycles. The minimum absolute atomic E-state index is 0.0260. The highest BCUT2D eigenvalue weighted by atomic mass is 16.5. The molecular formula is C19H25N3O2. The van der Waals surface area contributed by atoms with Gasteiger partial charge in [0.15, 0.2) is 0 Å². The Morgan fingerprint density at radius 3 is 2.79 bits per heavy atom. The zero-order valence-electron chi connectivity index (χ0n) is 14.5. The van der Waals surface area contributed by atoms with Crippen LogP contribution in [0.15, 0.2) is 48.8 Å². The number of hydrogen-bond acceptors (Lipinski definition) is 3. The molecule has 0 spiro atoms. The SMILES string of the molecule is Cc1ccccc1OCCCNC(=O)N(C)C(C)c1cccnc1. The lowest BCUT2D eigenvalue weighted by Gasteiger charge is -2.25. The summed E-state index contributed by atoms with van der Waals surface area (Å²) in [6, 6.07) is 11.6. The highest BCUT2D eigenvalue weighted by Gasteiger charge is 2.16. The molecule has 128 valence electrons. The maximum atomic E-state index is 12.2. The number of pyridine rings is 1. The van der Waals surface area contributed by atoms with Crippen LogP contribution in [0.25, 0.3) is 0 Å². The predicted molar refractivity (Wildman–Crippen MR) is 95.1 cm³/mol. The van der Waals surface area contributed by atoms with Crippen molar-refractivity contribution in [3.05, 3.63) is 59.9 Å². The van der Waals surface area contributed by atoms with Crippen LogP contribution in [0.1, 0.15) is 30.5 Å². The van der Waals surface area contributed by atoms with Crippen molar-refractivity contribution in [1.29, 1.82) is 0 Å². The third-order valence-corrected chi connectivity index (χ3v) is 4.02. The van der Waals surface area contributed by atoms with E-state index in [0.717, 1.165) is 23.3 Å². The van der Waals surface area contributed by atoms with Crippen molar-refractivity contribution in [3.8, 4) is 5.75 Å². The van der Waals surface area contributed by atoms with E-state index in [1.165, 1.54) is 0 Å². The van der Waals surface area contributed by atoms with Crippen LogP contribution in [0.5, 0.6) is 5.75 Å². The van der Waals surface area contributed by atoms with E-state index in [4.69, 9.17) is 4.74 Å². The first-order chi connectivity index (χ1) is 11.6. The average Bonchev–Trinajstić information content (AvgIpc) is 2.62. The Labute approximate surface area is 143 Å². The molecule has 0 saturated carbocycles. The molecule has 2 amide bonds. The molecule has 0 fully saturated rings. The molecule has 0 aliphatic carbocycles. The van der Waals surface area contributed by atoms with Crippen LogP contribution in [-0.4, -0.2) is 36.1 Å². The second kappa shape index (κ2) is 8.91. The lowest BCUT2D eigenvalue weighted by atomic mass is 10.1. The van der Waals surface area contributed by atoms with Gasteiger partial charge in [-0.25, -0.2) is 4.79 Å². The molecule has 1 atom stereocenters. The van der Waals surface area contributed by atoms with Crippen LogP contribution in [0.3, 0.4) is 0 Å². The highest BCUT2D eigenvalue weighted by Crippen LogP contribution is 2.17. The van der Waals surface area contributed by atoms with E-state index in [2.05, 4.69) is 10.3 Å². The lowest BCUT2D eigenvalue weighted by Crippen LogP contribution is -2.39. The number of nitrogens with one attached hydrogen (secondary N) is 1. The van der Waals surface area contributed by atoms with Gasteiger partial charge in [0.2, 0.25) is 0 Å². The number of para-hydroxylation sites is 1. The van der Waals surface area contributed by atoms with Crippen molar-refractivity contribution in [2.24, 2.45) is 0 Å². The standard InChI is InChI=1S/C19H25N3O2/c1-15-8-4-5-10-18(15)24-13-7-12-21-19(23)22(3)16(2)17-9-6-11-20-14-17/h4-6,8-11,14,16H,7,12-13H2,1-3H3,(H,21,23). The number of urea groups is 1. The van der Waals surface area contributed by atoms with Gasteiger partial charge < -0.3 is 15.0 Å². The topological polar surface area (TPSA) is 54.5 Å². The highest BCUT2D eigenvalue weighted by molar-refractivity contribution is 5.74. The molecule has 0 saturated heterocycles. The van der Waals surface area contributed by atoms with Gasteiger partial charge in [-0.2, -0.15) is 0 Å². The first kappa shape index (κ1) is 17.8. The first-order valence-electron chi connectivity index (χ1n) is 8.18. The molecule has 1 N–H and O–H groups in total. The molecule has 2 rings (SSSR count). The van der Waals surface area contributed by atoms with Crippen molar-refractivity contribution >= 4 is 6.03 Å². The Morgan fingerprint density at radius 1 is 1.29 bits per heavy atom. The van der Waals surface area contributed by atoms with E-state index < -0.39 is 0 Å². The van der Waals surface area contributed by atoms with Crippen LogP contribution in [-0.2, 0) is 0 Å². The zero-order chi connectivity index (χ0) is 17.4. The van der Waals surface area contributed by atoms with E-state index in [1.807, 2.05) is 50.2 Å². The fourth-order valence-electron chi connectivity index (χ4n) is 2.32. The monoisotopic (exact) mass is 327 g/mol. The quantitative estimate of drug-likeness (QED) is 0.791. The minimum atomic E-state index is -0.0951. The minimum Gasteiger partial charge on any atom is -0.493 e. The second-order valence-corrected chi connectivity index (χ2v) is 5.77. The summed E-state index contributed by atoms with van der Waals surface area (Å²) in [5, 5.41) is 2.92. The maximum Gasteiger partial charge on any atom is 0.317 e. The van der Waals surface area contributed by atoms with Gasteiger partial charge in [0.25, 0.3) is 0 Å². The Kier molecular flexibility index (Phi) is 6.61. The smallest absolute Gasteiger partial charge is 0.317 e. The molecule has 0 aliphatic heterocycles. The van der Waals surface area contributed by atoms with E-state index in [1.54, 1.807) is 24.3 Å². The van der Waals surface area contributed by atoms with Crippen molar-refractivity contribution < 1.29 is 9.53 Å². The molecule has 1 unspecified atom stereocenters. The van der Waals surface area contributed by atoms with Crippen molar-refractivity contribution in [1.82, 2.24) is 15.2 Å². The summed E-state index contributed by atoms with van der Waals surface area (Å²) in [6.07, 6.45) is 4.27. The molecule has 24 heavy (non-hydrogen) atoms. The molecule has 5 nitrogen and oxygen atoms in total. The van der Waals surface area contributed by atoms with Gasteiger partial charge >= 0.3 is 6.03 Å². The van der Waals surface area contributed by atoms with Gasteiger partial charge in [-0.3, -0.25) is 4.98 Å². The number of ether oxygens (including phenoxy) is 1. The van der Waals surface area contributed by atoms with Crippen molar-refractivity contribution in [2.45, 2.75) is 26.3 Å². The molecule has 0 radical (unpaired) electrons. The number of aryl methyl sites for hydroxylation is 1. The summed E-state index contributed by atoms with van der Waals surface area (Å²) in [6.45, 7) is 5.16. The number of benzene rings is 1. The number of nitrogens with zero attached hydrogens (tertiary/aromatic N) is 2. The van der Waals surface area contributed by atoms with Gasteiger partial charge in [-0.05, 0) is 43.5 Å². The van der Waals surface area contributed by atoms with Gasteiger partial charge in [-0.1, -0.05) is 24.3 Å². The maximum absolute atomic E-state index is 12.2. The number of rotatable bonds is 7. The molecule has 0 bridgehead atoms. The van der Waals surface area contributed by atoms with Crippen molar-refractivity contribution in [3.63, 3.8) is 0 Å². The summed E-state index contributed by atoms with van der Waals surface area (Å²) < 4.78 is 5.72. The average molecular weight is 327 g/mol. The molecule has 5 heteroatoms. The zero-order valence-corrected chi connectivity index (χ0v) is 14.5. The Balaban J connectivity index is 1.70. The third-order valence-electron chi connectivity index (χ3n) is 4.02. The number of carbonyl (C=O) groups excluding carboxylic acids is 1. The molecule has 2 aromatic rings. The van der Waals surface area contributed by atoms with Crippen LogP contribution < -0.4 is 10.1 Å². The van der Waals surface area contributed by atoms with Gasteiger partial charge in [0.05, 0.1) is 12.6 Å².